The molecule has 2 aromatic carbocycles. The van der Waals surface area contributed by atoms with E-state index in [0.29, 0.717) is 23.3 Å². The van der Waals surface area contributed by atoms with Gasteiger partial charge in [0.25, 0.3) is 5.91 Å². The molecule has 1 fully saturated rings. The van der Waals surface area contributed by atoms with E-state index in [0.717, 1.165) is 17.5 Å². The summed E-state index contributed by atoms with van der Waals surface area (Å²) in [6.45, 7) is 6.47. The number of sulfone groups is 1. The molecular weight excluding hydrogens is 438 g/mol. The Morgan fingerprint density at radius 2 is 1.79 bits per heavy atom. The Labute approximate surface area is 194 Å². The molecule has 1 atom stereocenters. The number of nitrogens with zero attached hydrogens (tertiary/aromatic N) is 1. The Hall–Kier alpha value is -2.93. The minimum absolute atomic E-state index is 0.0508. The molecule has 174 valence electrons. The largest absolute Gasteiger partial charge is 0.451 e. The van der Waals surface area contributed by atoms with Crippen LogP contribution in [-0.4, -0.2) is 36.8 Å². The second kappa shape index (κ2) is 9.14. The van der Waals surface area contributed by atoms with Gasteiger partial charge in [0.15, 0.2) is 21.0 Å². The van der Waals surface area contributed by atoms with Gasteiger partial charge >= 0.3 is 0 Å². The normalized spacial score (nSPS) is 17.5. The summed E-state index contributed by atoms with van der Waals surface area (Å²) < 4.78 is 30.2. The maximum atomic E-state index is 13.5. The van der Waals surface area contributed by atoms with E-state index in [1.807, 2.05) is 37.3 Å². The third kappa shape index (κ3) is 5.03. The number of amides is 1. The van der Waals surface area contributed by atoms with Crippen molar-refractivity contribution in [3.8, 4) is 0 Å². The Morgan fingerprint density at radius 1 is 1.09 bits per heavy atom. The molecule has 4 rings (SSSR count). The number of fused-ring (bicyclic) bond motifs is 1. The molecule has 1 aliphatic heterocycles. The molecule has 0 radical (unpaired) electrons. The summed E-state index contributed by atoms with van der Waals surface area (Å²) in [7, 11) is -3.20. The summed E-state index contributed by atoms with van der Waals surface area (Å²) in [5.74, 6) is -0.185. The van der Waals surface area contributed by atoms with Gasteiger partial charge in [-0.1, -0.05) is 51.1 Å². The first-order chi connectivity index (χ1) is 15.7. The van der Waals surface area contributed by atoms with Crippen LogP contribution >= 0.6 is 0 Å². The van der Waals surface area contributed by atoms with Crippen LogP contribution in [0.3, 0.4) is 0 Å². The summed E-state index contributed by atoms with van der Waals surface area (Å²) in [5.41, 5.74) is 3.16. The Kier molecular flexibility index (Phi) is 6.43. The first-order valence-corrected chi connectivity index (χ1v) is 13.2. The van der Waals surface area contributed by atoms with Crippen LogP contribution in [-0.2, 0) is 22.8 Å². The SMILES string of the molecule is CCc1ccc2oc(C(=O)N(Cc3ccc(C(C)C)cc3)[C@@H]3CCS(=O)(=O)C3)cc(=O)c2c1. The fourth-order valence-corrected chi connectivity index (χ4v) is 5.99. The van der Waals surface area contributed by atoms with E-state index in [-0.39, 0.29) is 29.2 Å². The van der Waals surface area contributed by atoms with Gasteiger partial charge in [-0.15, -0.1) is 0 Å². The highest BCUT2D eigenvalue weighted by molar-refractivity contribution is 7.91. The third-order valence-electron chi connectivity index (χ3n) is 6.32. The number of hydrogen-bond donors (Lipinski definition) is 0. The number of rotatable bonds is 6. The van der Waals surface area contributed by atoms with Crippen molar-refractivity contribution in [2.24, 2.45) is 0 Å². The van der Waals surface area contributed by atoms with Crippen LogP contribution in [0.1, 0.15) is 60.4 Å². The van der Waals surface area contributed by atoms with Crippen LogP contribution < -0.4 is 5.43 Å². The first-order valence-electron chi connectivity index (χ1n) is 11.3. The van der Waals surface area contributed by atoms with Gasteiger partial charge in [0, 0.05) is 18.7 Å². The molecule has 3 aromatic rings. The van der Waals surface area contributed by atoms with Gasteiger partial charge in [-0.05, 0) is 47.6 Å². The van der Waals surface area contributed by atoms with Crippen LogP contribution in [0.25, 0.3) is 11.0 Å². The molecule has 33 heavy (non-hydrogen) atoms. The fraction of sp³-hybridized carbons (Fsp3) is 0.385. The molecule has 0 aliphatic carbocycles. The molecule has 1 aliphatic rings. The number of hydrogen-bond acceptors (Lipinski definition) is 5. The highest BCUT2D eigenvalue weighted by Gasteiger charge is 2.36. The monoisotopic (exact) mass is 467 g/mol. The predicted molar refractivity (Wildman–Crippen MR) is 129 cm³/mol. The topological polar surface area (TPSA) is 84.7 Å². The van der Waals surface area contributed by atoms with Crippen molar-refractivity contribution < 1.29 is 17.6 Å². The van der Waals surface area contributed by atoms with E-state index >= 15 is 0 Å². The van der Waals surface area contributed by atoms with Crippen LogP contribution in [0, 0.1) is 0 Å². The summed E-state index contributed by atoms with van der Waals surface area (Å²) in [5, 5.41) is 0.435. The van der Waals surface area contributed by atoms with Crippen LogP contribution in [0.15, 0.2) is 57.7 Å². The number of carbonyl (C=O) groups excluding carboxylic acids is 1. The molecular formula is C26H29NO5S. The lowest BCUT2D eigenvalue weighted by Crippen LogP contribution is -2.40. The smallest absolute Gasteiger partial charge is 0.290 e. The number of carbonyl (C=O) groups is 1. The van der Waals surface area contributed by atoms with E-state index in [1.165, 1.54) is 11.6 Å². The zero-order valence-electron chi connectivity index (χ0n) is 19.2. The van der Waals surface area contributed by atoms with Crippen LogP contribution in [0.4, 0.5) is 0 Å². The van der Waals surface area contributed by atoms with Crippen molar-refractivity contribution in [2.45, 2.75) is 52.1 Å². The van der Waals surface area contributed by atoms with Crippen molar-refractivity contribution in [2.75, 3.05) is 11.5 Å². The quantitative estimate of drug-likeness (QED) is 0.539. The molecule has 0 bridgehead atoms. The summed E-state index contributed by atoms with van der Waals surface area (Å²) >= 11 is 0. The van der Waals surface area contributed by atoms with Crippen molar-refractivity contribution in [1.29, 1.82) is 0 Å². The molecule has 0 saturated carbocycles. The van der Waals surface area contributed by atoms with Gasteiger partial charge < -0.3 is 9.32 Å². The maximum Gasteiger partial charge on any atom is 0.290 e. The highest BCUT2D eigenvalue weighted by Crippen LogP contribution is 2.24. The third-order valence-corrected chi connectivity index (χ3v) is 8.07. The number of benzene rings is 2. The highest BCUT2D eigenvalue weighted by atomic mass is 32.2. The lowest BCUT2D eigenvalue weighted by molar-refractivity contribution is 0.0648. The van der Waals surface area contributed by atoms with Crippen molar-refractivity contribution in [1.82, 2.24) is 4.90 Å². The van der Waals surface area contributed by atoms with E-state index in [1.54, 1.807) is 17.0 Å². The zero-order valence-corrected chi connectivity index (χ0v) is 20.0. The minimum atomic E-state index is -3.20. The fourth-order valence-electron chi connectivity index (χ4n) is 4.26. The molecule has 0 N–H and O–H groups in total. The zero-order chi connectivity index (χ0) is 23.8. The number of aryl methyl sites for hydroxylation is 1. The lowest BCUT2D eigenvalue weighted by atomic mass is 10.0. The van der Waals surface area contributed by atoms with Gasteiger partial charge in [0.1, 0.15) is 5.58 Å². The standard InChI is InChI=1S/C26H29NO5S/c1-4-18-7-10-24-22(13-18)23(28)14-25(32-24)26(29)27(21-11-12-33(30,31)16-21)15-19-5-8-20(9-6-19)17(2)3/h5-10,13-14,17,21H,4,11-12,15-16H2,1-3H3/t21-/m1/s1. The molecule has 1 saturated heterocycles. The van der Waals surface area contributed by atoms with Gasteiger partial charge in [0.2, 0.25) is 0 Å². The Bertz CT molecular complexity index is 1340. The summed E-state index contributed by atoms with van der Waals surface area (Å²) in [6.07, 6.45) is 1.16. The second-order valence-corrected chi connectivity index (χ2v) is 11.3. The van der Waals surface area contributed by atoms with Gasteiger partial charge in [-0.25, -0.2) is 8.42 Å². The van der Waals surface area contributed by atoms with Gasteiger partial charge in [-0.3, -0.25) is 9.59 Å². The average Bonchev–Trinajstić information content (AvgIpc) is 3.16. The molecule has 0 unspecified atom stereocenters. The Balaban J connectivity index is 1.70. The van der Waals surface area contributed by atoms with Crippen molar-refractivity contribution in [3.63, 3.8) is 0 Å². The van der Waals surface area contributed by atoms with E-state index in [9.17, 15) is 18.0 Å². The van der Waals surface area contributed by atoms with E-state index < -0.39 is 21.8 Å². The lowest BCUT2D eigenvalue weighted by Gasteiger charge is -2.28. The van der Waals surface area contributed by atoms with Gasteiger partial charge in [0.05, 0.1) is 16.9 Å². The molecule has 6 nitrogen and oxygen atoms in total. The maximum absolute atomic E-state index is 13.5. The molecule has 7 heteroatoms. The molecule has 0 spiro atoms. The van der Waals surface area contributed by atoms with Gasteiger partial charge in [-0.2, -0.15) is 0 Å². The summed E-state index contributed by atoms with van der Waals surface area (Å²) in [6, 6.07) is 14.1. The summed E-state index contributed by atoms with van der Waals surface area (Å²) in [4.78, 5) is 27.8. The first kappa shape index (κ1) is 23.2. The van der Waals surface area contributed by atoms with Crippen LogP contribution in [0.2, 0.25) is 0 Å². The molecule has 1 amide bonds. The van der Waals surface area contributed by atoms with E-state index in [4.69, 9.17) is 4.42 Å². The Morgan fingerprint density at radius 3 is 2.39 bits per heavy atom. The minimum Gasteiger partial charge on any atom is -0.451 e. The second-order valence-electron chi connectivity index (χ2n) is 9.05. The van der Waals surface area contributed by atoms with Crippen molar-refractivity contribution >= 4 is 26.7 Å². The average molecular weight is 468 g/mol. The van der Waals surface area contributed by atoms with Crippen LogP contribution in [0.5, 0.6) is 0 Å². The van der Waals surface area contributed by atoms with Crippen molar-refractivity contribution in [3.05, 3.63) is 81.2 Å². The predicted octanol–water partition coefficient (Wildman–Crippen LogP) is 4.31. The molecule has 2 heterocycles. The molecule has 1 aromatic heterocycles. The van der Waals surface area contributed by atoms with E-state index in [2.05, 4.69) is 13.8 Å².